The maximum Gasteiger partial charge on any atom is 0.220 e. The highest BCUT2D eigenvalue weighted by atomic mass is 16.5. The Balaban J connectivity index is 1.49. The minimum absolute atomic E-state index is 0.0301. The van der Waals surface area contributed by atoms with Crippen LogP contribution < -0.4 is 10.1 Å². The molecule has 0 fully saturated rings. The van der Waals surface area contributed by atoms with Gasteiger partial charge in [-0.2, -0.15) is 5.10 Å². The Labute approximate surface area is 166 Å². The quantitative estimate of drug-likeness (QED) is 0.630. The second-order valence-electron chi connectivity index (χ2n) is 7.15. The molecule has 0 saturated heterocycles. The monoisotopic (exact) mass is 377 g/mol. The largest absolute Gasteiger partial charge is 0.491 e. The van der Waals surface area contributed by atoms with Crippen molar-refractivity contribution in [3.05, 3.63) is 78.1 Å². The first-order valence-electron chi connectivity index (χ1n) is 9.66. The average molecular weight is 377 g/mol. The van der Waals surface area contributed by atoms with Gasteiger partial charge in [0.15, 0.2) is 0 Å². The summed E-state index contributed by atoms with van der Waals surface area (Å²) in [5.41, 5.74) is 3.11. The summed E-state index contributed by atoms with van der Waals surface area (Å²) in [6, 6.07) is 17.8. The van der Waals surface area contributed by atoms with Crippen LogP contribution in [0.1, 0.15) is 44.4 Å². The first kappa shape index (κ1) is 19.7. The topological polar surface area (TPSA) is 56.1 Å². The summed E-state index contributed by atoms with van der Waals surface area (Å²) in [6.07, 6.45) is 5.02. The van der Waals surface area contributed by atoms with Gasteiger partial charge in [0.1, 0.15) is 5.75 Å². The van der Waals surface area contributed by atoms with Crippen molar-refractivity contribution in [2.75, 3.05) is 0 Å². The molecule has 0 bridgehead atoms. The summed E-state index contributed by atoms with van der Waals surface area (Å²) in [4.78, 5) is 12.3. The molecular formula is C23H27N3O2. The Kier molecular flexibility index (Phi) is 6.48. The summed E-state index contributed by atoms with van der Waals surface area (Å²) in [6.45, 7) is 5.99. The third kappa shape index (κ3) is 5.46. The van der Waals surface area contributed by atoms with E-state index in [4.69, 9.17) is 4.74 Å². The van der Waals surface area contributed by atoms with Crippen LogP contribution in [-0.4, -0.2) is 21.8 Å². The van der Waals surface area contributed by atoms with E-state index < -0.39 is 0 Å². The van der Waals surface area contributed by atoms with Gasteiger partial charge in [-0.3, -0.25) is 4.79 Å². The van der Waals surface area contributed by atoms with E-state index in [2.05, 4.69) is 10.4 Å². The predicted molar refractivity (Wildman–Crippen MR) is 111 cm³/mol. The molecule has 1 N–H and O–H groups in total. The number of benzene rings is 2. The number of amides is 1. The first-order chi connectivity index (χ1) is 13.5. The third-order valence-corrected chi connectivity index (χ3v) is 4.43. The van der Waals surface area contributed by atoms with Gasteiger partial charge >= 0.3 is 0 Å². The van der Waals surface area contributed by atoms with Crippen molar-refractivity contribution in [2.45, 2.75) is 45.8 Å². The van der Waals surface area contributed by atoms with Crippen LogP contribution >= 0.6 is 0 Å². The molecule has 146 valence electrons. The molecule has 1 aromatic heterocycles. The highest BCUT2D eigenvalue weighted by Crippen LogP contribution is 2.19. The molecule has 1 amide bonds. The number of hydrogen-bond acceptors (Lipinski definition) is 3. The minimum atomic E-state index is -0.0485. The number of carbonyl (C=O) groups excluding carboxylic acids is 1. The van der Waals surface area contributed by atoms with E-state index in [1.165, 1.54) is 0 Å². The maximum absolute atomic E-state index is 12.3. The molecule has 0 aliphatic rings. The van der Waals surface area contributed by atoms with Crippen LogP contribution in [0, 0.1) is 0 Å². The van der Waals surface area contributed by atoms with Crippen molar-refractivity contribution in [1.82, 2.24) is 15.1 Å². The van der Waals surface area contributed by atoms with Crippen LogP contribution in [0.5, 0.6) is 5.75 Å². The number of aromatic nitrogens is 2. The fraction of sp³-hybridized carbons (Fsp3) is 0.304. The average Bonchev–Trinajstić information content (AvgIpc) is 3.16. The Bertz CT molecular complexity index is 886. The fourth-order valence-electron chi connectivity index (χ4n) is 2.97. The molecule has 0 spiro atoms. The molecule has 0 saturated carbocycles. The Morgan fingerprint density at radius 1 is 1.07 bits per heavy atom. The van der Waals surface area contributed by atoms with E-state index in [0.717, 1.165) is 22.6 Å². The number of nitrogens with zero attached hydrogens (tertiary/aromatic N) is 2. The van der Waals surface area contributed by atoms with Gasteiger partial charge in [0.05, 0.1) is 24.0 Å². The van der Waals surface area contributed by atoms with Gasteiger partial charge in [0.2, 0.25) is 5.91 Å². The van der Waals surface area contributed by atoms with Crippen LogP contribution in [0.3, 0.4) is 0 Å². The van der Waals surface area contributed by atoms with E-state index in [1.54, 1.807) is 0 Å². The van der Waals surface area contributed by atoms with Crippen molar-refractivity contribution >= 4 is 5.91 Å². The first-order valence-corrected chi connectivity index (χ1v) is 9.66. The third-order valence-electron chi connectivity index (χ3n) is 4.43. The van der Waals surface area contributed by atoms with Gasteiger partial charge < -0.3 is 10.1 Å². The Morgan fingerprint density at radius 3 is 2.46 bits per heavy atom. The summed E-state index contributed by atoms with van der Waals surface area (Å²) in [5, 5.41) is 7.43. The molecule has 5 nitrogen and oxygen atoms in total. The zero-order chi connectivity index (χ0) is 19.9. The number of aryl methyl sites for hydroxylation is 1. The summed E-state index contributed by atoms with van der Waals surface area (Å²) < 4.78 is 7.49. The van der Waals surface area contributed by atoms with Gasteiger partial charge in [-0.25, -0.2) is 4.68 Å². The SMILES string of the molecule is CC(C)Oc1ccc(C(C)NC(=O)CCc2cnn(-c3ccccc3)c2)cc1. The lowest BCUT2D eigenvalue weighted by Gasteiger charge is -2.15. The number of ether oxygens (including phenoxy) is 1. The van der Waals surface area contributed by atoms with Gasteiger partial charge in [-0.1, -0.05) is 30.3 Å². The zero-order valence-corrected chi connectivity index (χ0v) is 16.6. The van der Waals surface area contributed by atoms with Gasteiger partial charge in [-0.15, -0.1) is 0 Å². The smallest absolute Gasteiger partial charge is 0.220 e. The molecule has 28 heavy (non-hydrogen) atoms. The molecule has 0 aliphatic heterocycles. The minimum Gasteiger partial charge on any atom is -0.491 e. The Morgan fingerprint density at radius 2 is 1.79 bits per heavy atom. The second-order valence-corrected chi connectivity index (χ2v) is 7.15. The number of carbonyl (C=O) groups is 1. The molecule has 1 heterocycles. The van der Waals surface area contributed by atoms with Crippen molar-refractivity contribution < 1.29 is 9.53 Å². The molecule has 1 unspecified atom stereocenters. The fourth-order valence-corrected chi connectivity index (χ4v) is 2.97. The lowest BCUT2D eigenvalue weighted by atomic mass is 10.1. The molecule has 5 heteroatoms. The summed E-state index contributed by atoms with van der Waals surface area (Å²) in [5.74, 6) is 0.871. The molecule has 0 aliphatic carbocycles. The highest BCUT2D eigenvalue weighted by molar-refractivity contribution is 5.76. The van der Waals surface area contributed by atoms with E-state index in [1.807, 2.05) is 92.4 Å². The van der Waals surface area contributed by atoms with Gasteiger partial charge in [-0.05, 0) is 62.6 Å². The zero-order valence-electron chi connectivity index (χ0n) is 16.6. The summed E-state index contributed by atoms with van der Waals surface area (Å²) >= 11 is 0. The number of nitrogens with one attached hydrogen (secondary N) is 1. The van der Waals surface area contributed by atoms with Gasteiger partial charge in [0.25, 0.3) is 0 Å². The second kappa shape index (κ2) is 9.22. The van der Waals surface area contributed by atoms with E-state index in [0.29, 0.717) is 12.8 Å². The van der Waals surface area contributed by atoms with Crippen molar-refractivity contribution in [2.24, 2.45) is 0 Å². The maximum atomic E-state index is 12.3. The molecule has 0 radical (unpaired) electrons. The molecule has 3 rings (SSSR count). The van der Waals surface area contributed by atoms with Crippen LogP contribution in [-0.2, 0) is 11.2 Å². The summed E-state index contributed by atoms with van der Waals surface area (Å²) in [7, 11) is 0. The number of hydrogen-bond donors (Lipinski definition) is 1. The van der Waals surface area contributed by atoms with Crippen molar-refractivity contribution in [1.29, 1.82) is 0 Å². The van der Waals surface area contributed by atoms with E-state index in [-0.39, 0.29) is 18.1 Å². The molecule has 1 atom stereocenters. The lowest BCUT2D eigenvalue weighted by Crippen LogP contribution is -2.26. The highest BCUT2D eigenvalue weighted by Gasteiger charge is 2.11. The lowest BCUT2D eigenvalue weighted by molar-refractivity contribution is -0.121. The van der Waals surface area contributed by atoms with Crippen LogP contribution in [0.4, 0.5) is 0 Å². The molecule has 3 aromatic rings. The molecule has 2 aromatic carbocycles. The van der Waals surface area contributed by atoms with Crippen LogP contribution in [0.15, 0.2) is 67.0 Å². The van der Waals surface area contributed by atoms with E-state index in [9.17, 15) is 4.79 Å². The Hall–Kier alpha value is -3.08. The number of para-hydroxylation sites is 1. The van der Waals surface area contributed by atoms with Crippen molar-refractivity contribution in [3.8, 4) is 11.4 Å². The van der Waals surface area contributed by atoms with Gasteiger partial charge in [0, 0.05) is 12.6 Å². The van der Waals surface area contributed by atoms with Crippen LogP contribution in [0.2, 0.25) is 0 Å². The van der Waals surface area contributed by atoms with E-state index >= 15 is 0 Å². The number of rotatable bonds is 8. The van der Waals surface area contributed by atoms with Crippen molar-refractivity contribution in [3.63, 3.8) is 0 Å². The van der Waals surface area contributed by atoms with Crippen LogP contribution in [0.25, 0.3) is 5.69 Å². The normalized spacial score (nSPS) is 12.0. The molecular weight excluding hydrogens is 350 g/mol. The predicted octanol–water partition coefficient (Wildman–Crippen LogP) is 4.47. The standard InChI is InChI=1S/C23H27N3O2/c1-17(2)28-22-12-10-20(11-13-22)18(3)25-23(27)14-9-19-15-24-26(16-19)21-7-5-4-6-8-21/h4-8,10-13,15-18H,9,14H2,1-3H3,(H,25,27).